The summed E-state index contributed by atoms with van der Waals surface area (Å²) >= 11 is 11.7. The van der Waals surface area contributed by atoms with Crippen LogP contribution in [0.5, 0.6) is 0 Å². The van der Waals surface area contributed by atoms with Gasteiger partial charge in [-0.15, -0.1) is 22.2 Å². The summed E-state index contributed by atoms with van der Waals surface area (Å²) in [7, 11) is 0. The minimum absolute atomic E-state index is 0.0344. The van der Waals surface area contributed by atoms with Gasteiger partial charge in [-0.1, -0.05) is 30.3 Å². The molecule has 72 valence electrons. The summed E-state index contributed by atoms with van der Waals surface area (Å²) in [4.78, 5) is 0. The lowest BCUT2D eigenvalue weighted by Crippen LogP contribution is -2.21. The Hall–Kier alpha value is -0.0231. The molecule has 0 aliphatic heterocycles. The van der Waals surface area contributed by atoms with E-state index in [-0.39, 0.29) is 6.10 Å². The molecule has 1 rings (SSSR count). The van der Waals surface area contributed by atoms with Gasteiger partial charge in [-0.2, -0.15) is 0 Å². The van der Waals surface area contributed by atoms with E-state index in [9.17, 15) is 0 Å². The molecule has 0 aliphatic carbocycles. The van der Waals surface area contributed by atoms with Crippen molar-refractivity contribution in [1.82, 2.24) is 0 Å². The summed E-state index contributed by atoms with van der Waals surface area (Å²) in [6.07, 6.45) is -0.0344. The van der Waals surface area contributed by atoms with E-state index in [1.165, 1.54) is 0 Å². The Bertz CT molecular complexity index is 258. The van der Waals surface area contributed by atoms with Crippen molar-refractivity contribution in [2.75, 3.05) is 0 Å². The second-order valence-corrected chi connectivity index (χ2v) is 9.74. The second-order valence-electron chi connectivity index (χ2n) is 2.98. The first-order chi connectivity index (χ1) is 5.99. The number of rotatable bonds is 3. The summed E-state index contributed by atoms with van der Waals surface area (Å²) in [5.74, 6) is 0. The highest BCUT2D eigenvalue weighted by atomic mass is 35.7. The summed E-state index contributed by atoms with van der Waals surface area (Å²) in [6.45, 7) is 1.24. The first-order valence-corrected chi connectivity index (χ1v) is 8.53. The van der Waals surface area contributed by atoms with Crippen LogP contribution >= 0.6 is 22.2 Å². The smallest absolute Gasteiger partial charge is 0.385 e. The molecule has 0 spiro atoms. The number of hydrogen-bond donors (Lipinski definition) is 0. The van der Waals surface area contributed by atoms with Crippen molar-refractivity contribution in [3.63, 3.8) is 0 Å². The van der Waals surface area contributed by atoms with Gasteiger partial charge < -0.3 is 4.43 Å². The lowest BCUT2D eigenvalue weighted by Gasteiger charge is -2.19. The second kappa shape index (κ2) is 4.47. The highest BCUT2D eigenvalue weighted by molar-refractivity contribution is 7.41. The van der Waals surface area contributed by atoms with Crippen molar-refractivity contribution < 1.29 is 4.43 Å². The molecule has 1 aromatic rings. The molecule has 1 aromatic carbocycles. The Balaban J connectivity index is 2.64. The molecule has 0 aromatic heterocycles. The average molecular weight is 235 g/mol. The summed E-state index contributed by atoms with van der Waals surface area (Å²) in [6, 6.07) is 9.90. The summed E-state index contributed by atoms with van der Waals surface area (Å²) in [5, 5.41) is 0. The fraction of sp³-hybridized carbons (Fsp3) is 0.333. The third-order valence-electron chi connectivity index (χ3n) is 1.65. The van der Waals surface area contributed by atoms with Crippen molar-refractivity contribution in [3.05, 3.63) is 35.9 Å². The van der Waals surface area contributed by atoms with Crippen LogP contribution in [0, 0.1) is 0 Å². The molecular weight excluding hydrogens is 223 g/mol. The molecular formula is C9H12Cl2OSi. The van der Waals surface area contributed by atoms with Gasteiger partial charge in [0.25, 0.3) is 0 Å². The summed E-state index contributed by atoms with van der Waals surface area (Å²) in [5.41, 5.74) is 1.10. The predicted octanol–water partition coefficient (Wildman–Crippen LogP) is 3.81. The van der Waals surface area contributed by atoms with E-state index in [1.807, 2.05) is 37.3 Å². The lowest BCUT2D eigenvalue weighted by molar-refractivity contribution is 0.233. The number of halogens is 2. The molecule has 4 heteroatoms. The molecule has 0 radical (unpaired) electrons. The molecule has 0 saturated heterocycles. The van der Waals surface area contributed by atoms with Crippen LogP contribution in [-0.4, -0.2) is 6.94 Å². The quantitative estimate of drug-likeness (QED) is 0.571. The van der Waals surface area contributed by atoms with Crippen LogP contribution in [0.25, 0.3) is 0 Å². The maximum atomic E-state index is 5.86. The van der Waals surface area contributed by atoms with Gasteiger partial charge in [0.2, 0.25) is 0 Å². The Labute approximate surface area is 89.2 Å². The maximum Gasteiger partial charge on any atom is 0.386 e. The maximum absolute atomic E-state index is 5.86. The van der Waals surface area contributed by atoms with Crippen LogP contribution in [0.15, 0.2) is 30.3 Å². The fourth-order valence-electron chi connectivity index (χ4n) is 1.10. The zero-order valence-corrected chi connectivity index (χ0v) is 10.1. The minimum Gasteiger partial charge on any atom is -0.385 e. The normalized spacial score (nSPS) is 14.2. The summed E-state index contributed by atoms with van der Waals surface area (Å²) < 4.78 is 5.49. The highest BCUT2D eigenvalue weighted by Crippen LogP contribution is 2.25. The SMILES string of the molecule is CC(O[Si](C)(Cl)Cl)c1ccccc1. The van der Waals surface area contributed by atoms with Crippen LogP contribution in [0.1, 0.15) is 18.6 Å². The molecule has 1 nitrogen and oxygen atoms in total. The van der Waals surface area contributed by atoms with E-state index >= 15 is 0 Å². The van der Waals surface area contributed by atoms with Gasteiger partial charge in [0.15, 0.2) is 0 Å². The van der Waals surface area contributed by atoms with Crippen molar-refractivity contribution in [2.45, 2.75) is 19.6 Å². The highest BCUT2D eigenvalue weighted by Gasteiger charge is 2.26. The van der Waals surface area contributed by atoms with Crippen LogP contribution < -0.4 is 0 Å². The molecule has 0 N–H and O–H groups in total. The molecule has 1 unspecified atom stereocenters. The number of hydrogen-bond acceptors (Lipinski definition) is 1. The minimum atomic E-state index is -2.46. The predicted molar refractivity (Wildman–Crippen MR) is 59.3 cm³/mol. The van der Waals surface area contributed by atoms with E-state index < -0.39 is 6.94 Å². The molecule has 0 saturated carbocycles. The Morgan fingerprint density at radius 2 is 1.77 bits per heavy atom. The lowest BCUT2D eigenvalue weighted by atomic mass is 10.1. The number of benzene rings is 1. The Morgan fingerprint density at radius 3 is 2.23 bits per heavy atom. The van der Waals surface area contributed by atoms with Crippen molar-refractivity contribution in [1.29, 1.82) is 0 Å². The van der Waals surface area contributed by atoms with E-state index in [1.54, 1.807) is 6.55 Å². The third-order valence-corrected chi connectivity index (χ3v) is 2.95. The van der Waals surface area contributed by atoms with E-state index in [2.05, 4.69) is 0 Å². The van der Waals surface area contributed by atoms with Gasteiger partial charge in [-0.3, -0.25) is 0 Å². The largest absolute Gasteiger partial charge is 0.386 e. The van der Waals surface area contributed by atoms with Gasteiger partial charge in [-0.25, -0.2) is 0 Å². The van der Waals surface area contributed by atoms with Crippen LogP contribution in [0.2, 0.25) is 6.55 Å². The zero-order valence-electron chi connectivity index (χ0n) is 7.63. The van der Waals surface area contributed by atoms with Gasteiger partial charge in [0.05, 0.1) is 6.10 Å². The average Bonchev–Trinajstić information content (AvgIpc) is 2.03. The van der Waals surface area contributed by atoms with Gasteiger partial charge >= 0.3 is 6.94 Å². The van der Waals surface area contributed by atoms with Crippen molar-refractivity contribution in [3.8, 4) is 0 Å². The standard InChI is InChI=1S/C9H12Cl2OSi/c1-8(12-13(2,10)11)9-6-4-3-5-7-9/h3-8H,1-2H3. The third kappa shape index (κ3) is 4.14. The molecule has 0 heterocycles. The van der Waals surface area contributed by atoms with E-state index in [0.29, 0.717) is 0 Å². The first-order valence-electron chi connectivity index (χ1n) is 4.09. The molecule has 0 aliphatic rings. The van der Waals surface area contributed by atoms with Gasteiger partial charge in [-0.05, 0) is 19.0 Å². The van der Waals surface area contributed by atoms with Crippen LogP contribution in [0.3, 0.4) is 0 Å². The van der Waals surface area contributed by atoms with Gasteiger partial charge in [0.1, 0.15) is 0 Å². The molecule has 0 amide bonds. The molecule has 0 fully saturated rings. The fourth-order valence-corrected chi connectivity index (χ4v) is 2.66. The molecule has 1 atom stereocenters. The molecule has 13 heavy (non-hydrogen) atoms. The monoisotopic (exact) mass is 234 g/mol. The Kier molecular flexibility index (Phi) is 3.80. The van der Waals surface area contributed by atoms with E-state index in [0.717, 1.165) is 5.56 Å². The van der Waals surface area contributed by atoms with Crippen molar-refractivity contribution >= 4 is 29.1 Å². The van der Waals surface area contributed by atoms with Crippen LogP contribution in [-0.2, 0) is 4.43 Å². The first kappa shape index (κ1) is 11.1. The Morgan fingerprint density at radius 1 is 1.23 bits per heavy atom. The topological polar surface area (TPSA) is 9.23 Å². The van der Waals surface area contributed by atoms with Gasteiger partial charge in [0, 0.05) is 0 Å². The van der Waals surface area contributed by atoms with E-state index in [4.69, 9.17) is 26.6 Å². The van der Waals surface area contributed by atoms with Crippen LogP contribution in [0.4, 0.5) is 0 Å². The van der Waals surface area contributed by atoms with Crippen molar-refractivity contribution in [2.24, 2.45) is 0 Å². The molecule has 0 bridgehead atoms. The zero-order chi connectivity index (χ0) is 9.90.